The summed E-state index contributed by atoms with van der Waals surface area (Å²) in [5.74, 6) is -2.47. The number of amides is 1. The highest BCUT2D eigenvalue weighted by Gasteiger charge is 2.40. The fraction of sp³-hybridized carbons (Fsp3) is 0.294. The SMILES string of the molecule is COc1ccc([C@H]2Sc3ccccc3N(CCN(C)CCc3cccc(C)c3)C(=O)[C@H]2OC(C)=O)cc1.O=C(O)/C=C/C(=O)O. The molecule has 10 nitrogen and oxygen atoms in total. The van der Waals surface area contributed by atoms with Gasteiger partial charge >= 0.3 is 17.9 Å². The maximum Gasteiger partial charge on any atom is 0.328 e. The van der Waals surface area contributed by atoms with Crippen LogP contribution in [0.3, 0.4) is 0 Å². The maximum absolute atomic E-state index is 14.0. The standard InChI is InChI=1S/C30H34N2O4S.C4H4O4/c1-21-8-7-9-23(20-21)16-17-31(3)18-19-32-26-10-5-6-11-27(26)37-29(28(30(32)34)36-22(2)33)24-12-14-25(35-4)15-13-24;5-3(6)1-2-4(7)8/h5-15,20,28-29H,16-19H2,1-4H3;1-2H,(H,5,6)(H,7,8)/b;2-1+/t28-,29+;/m0./s1. The smallest absolute Gasteiger partial charge is 0.328 e. The number of esters is 1. The highest BCUT2D eigenvalue weighted by molar-refractivity contribution is 7.99. The van der Waals surface area contributed by atoms with Gasteiger partial charge in [0.1, 0.15) is 5.75 Å². The first-order chi connectivity index (χ1) is 21.5. The number of carboxylic acids is 2. The minimum Gasteiger partial charge on any atom is -0.497 e. The van der Waals surface area contributed by atoms with Crippen LogP contribution in [0.15, 0.2) is 89.8 Å². The lowest BCUT2D eigenvalue weighted by Crippen LogP contribution is -2.45. The van der Waals surface area contributed by atoms with E-state index in [2.05, 4.69) is 43.1 Å². The third kappa shape index (κ3) is 10.8. The van der Waals surface area contributed by atoms with Gasteiger partial charge in [0.15, 0.2) is 6.10 Å². The fourth-order valence-electron chi connectivity index (χ4n) is 4.65. The second kappa shape index (κ2) is 17.0. The van der Waals surface area contributed by atoms with Gasteiger partial charge < -0.3 is 29.5 Å². The molecule has 2 atom stereocenters. The zero-order chi connectivity index (χ0) is 32.9. The van der Waals surface area contributed by atoms with Crippen molar-refractivity contribution in [1.29, 1.82) is 0 Å². The molecule has 2 N–H and O–H groups in total. The molecule has 0 aliphatic carbocycles. The number of benzene rings is 3. The maximum atomic E-state index is 14.0. The Morgan fingerprint density at radius 3 is 2.22 bits per heavy atom. The van der Waals surface area contributed by atoms with Crippen LogP contribution in [0.25, 0.3) is 0 Å². The van der Waals surface area contributed by atoms with E-state index in [0.29, 0.717) is 25.2 Å². The first kappa shape index (κ1) is 34.9. The summed E-state index contributed by atoms with van der Waals surface area (Å²) in [6.07, 6.45) is 1.11. The van der Waals surface area contributed by atoms with Crippen molar-refractivity contribution in [3.63, 3.8) is 0 Å². The molecule has 3 aromatic carbocycles. The molecule has 1 aliphatic heterocycles. The first-order valence-corrected chi connectivity index (χ1v) is 15.1. The zero-order valence-electron chi connectivity index (χ0n) is 25.7. The molecular weight excluding hydrogens is 596 g/mol. The number of carbonyl (C=O) groups excluding carboxylic acids is 2. The highest BCUT2D eigenvalue weighted by Crippen LogP contribution is 2.46. The van der Waals surface area contributed by atoms with Crippen LogP contribution in [-0.4, -0.2) is 78.8 Å². The van der Waals surface area contributed by atoms with Crippen LogP contribution in [0.5, 0.6) is 5.75 Å². The summed E-state index contributed by atoms with van der Waals surface area (Å²) in [5, 5.41) is 15.2. The summed E-state index contributed by atoms with van der Waals surface area (Å²) in [6, 6.07) is 24.0. The van der Waals surface area contributed by atoms with Gasteiger partial charge in [-0.05, 0) is 55.8 Å². The normalized spacial score (nSPS) is 15.9. The van der Waals surface area contributed by atoms with Crippen molar-refractivity contribution in [2.24, 2.45) is 0 Å². The number of carboxylic acid groups (broad SMARTS) is 2. The summed E-state index contributed by atoms with van der Waals surface area (Å²) in [7, 11) is 3.69. The highest BCUT2D eigenvalue weighted by atomic mass is 32.2. The van der Waals surface area contributed by atoms with Gasteiger partial charge in [0.2, 0.25) is 0 Å². The Kier molecular flexibility index (Phi) is 13.2. The number of carbonyl (C=O) groups is 4. The number of thioether (sulfide) groups is 1. The zero-order valence-corrected chi connectivity index (χ0v) is 26.5. The molecule has 1 aliphatic rings. The van der Waals surface area contributed by atoms with E-state index in [1.807, 2.05) is 48.5 Å². The molecule has 0 saturated heterocycles. The lowest BCUT2D eigenvalue weighted by molar-refractivity contribution is -0.152. The molecule has 1 amide bonds. The number of aryl methyl sites for hydroxylation is 1. The van der Waals surface area contributed by atoms with Gasteiger partial charge in [-0.3, -0.25) is 9.59 Å². The number of para-hydroxylation sites is 1. The van der Waals surface area contributed by atoms with Crippen molar-refractivity contribution in [3.05, 3.63) is 102 Å². The van der Waals surface area contributed by atoms with E-state index >= 15 is 0 Å². The average molecular weight is 635 g/mol. The van der Waals surface area contributed by atoms with Crippen LogP contribution in [0, 0.1) is 6.92 Å². The van der Waals surface area contributed by atoms with E-state index in [1.165, 1.54) is 18.1 Å². The molecule has 11 heteroatoms. The molecule has 0 aromatic heterocycles. The Hall–Kier alpha value is -4.61. The molecule has 1 heterocycles. The number of likely N-dealkylation sites (N-methyl/N-ethyl adjacent to an activating group) is 1. The number of methoxy groups -OCH3 is 1. The number of hydrogen-bond donors (Lipinski definition) is 2. The molecule has 0 unspecified atom stereocenters. The fourth-order valence-corrected chi connectivity index (χ4v) is 5.97. The van der Waals surface area contributed by atoms with Gasteiger partial charge in [0, 0.05) is 43.6 Å². The number of anilines is 1. The van der Waals surface area contributed by atoms with Gasteiger partial charge in [-0.25, -0.2) is 9.59 Å². The van der Waals surface area contributed by atoms with Gasteiger partial charge in [-0.2, -0.15) is 0 Å². The predicted octanol–water partition coefficient (Wildman–Crippen LogP) is 5.00. The minimum absolute atomic E-state index is 0.208. The second-order valence-corrected chi connectivity index (χ2v) is 11.5. The molecule has 0 fully saturated rings. The van der Waals surface area contributed by atoms with Crippen LogP contribution in [-0.2, 0) is 30.3 Å². The Bertz CT molecular complexity index is 1490. The van der Waals surface area contributed by atoms with E-state index in [0.717, 1.165) is 34.9 Å². The van der Waals surface area contributed by atoms with Crippen molar-refractivity contribution in [1.82, 2.24) is 4.90 Å². The van der Waals surface area contributed by atoms with Gasteiger partial charge in [-0.1, -0.05) is 54.1 Å². The number of nitrogens with zero attached hydrogens (tertiary/aromatic N) is 2. The van der Waals surface area contributed by atoms with Gasteiger partial charge in [0.25, 0.3) is 5.91 Å². The lowest BCUT2D eigenvalue weighted by atomic mass is 10.1. The van der Waals surface area contributed by atoms with E-state index in [4.69, 9.17) is 19.7 Å². The Morgan fingerprint density at radius 2 is 1.62 bits per heavy atom. The quantitative estimate of drug-likeness (QED) is 0.219. The summed E-state index contributed by atoms with van der Waals surface area (Å²) >= 11 is 1.55. The average Bonchev–Trinajstić information content (AvgIpc) is 3.12. The van der Waals surface area contributed by atoms with Crippen LogP contribution >= 0.6 is 11.8 Å². The van der Waals surface area contributed by atoms with Crippen molar-refractivity contribution >= 4 is 41.3 Å². The number of rotatable bonds is 11. The lowest BCUT2D eigenvalue weighted by Gasteiger charge is -2.29. The van der Waals surface area contributed by atoms with Crippen molar-refractivity contribution in [2.45, 2.75) is 36.5 Å². The van der Waals surface area contributed by atoms with E-state index in [9.17, 15) is 19.2 Å². The van der Waals surface area contributed by atoms with Crippen LogP contribution in [0.2, 0.25) is 0 Å². The summed E-state index contributed by atoms with van der Waals surface area (Å²) < 4.78 is 11.0. The minimum atomic E-state index is -1.26. The van der Waals surface area contributed by atoms with E-state index in [-0.39, 0.29) is 11.2 Å². The topological polar surface area (TPSA) is 134 Å². The summed E-state index contributed by atoms with van der Waals surface area (Å²) in [4.78, 5) is 50.2. The van der Waals surface area contributed by atoms with Gasteiger partial charge in [-0.15, -0.1) is 11.8 Å². The molecule has 4 rings (SSSR count). The third-order valence-corrected chi connectivity index (χ3v) is 8.24. The molecular formula is C34H38N2O8S. The Morgan fingerprint density at radius 1 is 0.956 bits per heavy atom. The first-order valence-electron chi connectivity index (χ1n) is 14.2. The largest absolute Gasteiger partial charge is 0.497 e. The van der Waals surface area contributed by atoms with Gasteiger partial charge in [0.05, 0.1) is 18.0 Å². The molecule has 0 saturated carbocycles. The van der Waals surface area contributed by atoms with Crippen molar-refractivity contribution in [3.8, 4) is 5.75 Å². The number of aliphatic carboxylic acids is 2. The van der Waals surface area contributed by atoms with Crippen LogP contribution < -0.4 is 9.64 Å². The van der Waals surface area contributed by atoms with E-state index in [1.54, 1.807) is 23.8 Å². The molecule has 0 radical (unpaired) electrons. The second-order valence-electron chi connectivity index (χ2n) is 10.4. The number of ether oxygens (including phenoxy) is 2. The summed E-state index contributed by atoms with van der Waals surface area (Å²) in [5.41, 5.74) is 4.30. The Labute approximate surface area is 267 Å². The molecule has 0 spiro atoms. The number of fused-ring (bicyclic) bond motifs is 1. The molecule has 238 valence electrons. The van der Waals surface area contributed by atoms with E-state index < -0.39 is 24.0 Å². The molecule has 0 bridgehead atoms. The predicted molar refractivity (Wildman–Crippen MR) is 173 cm³/mol. The van der Waals surface area contributed by atoms with Crippen molar-refractivity contribution < 1.29 is 38.9 Å². The van der Waals surface area contributed by atoms with Crippen LogP contribution in [0.4, 0.5) is 5.69 Å². The molecule has 45 heavy (non-hydrogen) atoms. The molecule has 3 aromatic rings. The monoisotopic (exact) mass is 634 g/mol. The Balaban J connectivity index is 0.000000610. The number of hydrogen-bond acceptors (Lipinski definition) is 8. The summed E-state index contributed by atoms with van der Waals surface area (Å²) in [6.45, 7) is 5.52. The van der Waals surface area contributed by atoms with Crippen molar-refractivity contribution in [2.75, 3.05) is 38.7 Å². The third-order valence-electron chi connectivity index (χ3n) is 6.87. The van der Waals surface area contributed by atoms with Crippen LogP contribution in [0.1, 0.15) is 28.9 Å².